The van der Waals surface area contributed by atoms with Crippen LogP contribution in [0.25, 0.3) is 6.08 Å². The maximum Gasteiger partial charge on any atom is 0.0562 e. The molecule has 2 rings (SSSR count). The zero-order valence-electron chi connectivity index (χ0n) is 10.2. The topological polar surface area (TPSA) is 29.9 Å². The second-order valence-corrected chi connectivity index (χ2v) is 4.67. The molecule has 88 valence electrons. The highest BCUT2D eigenvalue weighted by atomic mass is 15.2. The van der Waals surface area contributed by atoms with Crippen LogP contribution in [0.3, 0.4) is 0 Å². The number of aryl methyl sites for hydroxylation is 1. The first-order valence-corrected chi connectivity index (χ1v) is 6.18. The Morgan fingerprint density at radius 2 is 2.50 bits per heavy atom. The molecule has 0 aliphatic carbocycles. The van der Waals surface area contributed by atoms with Gasteiger partial charge in [0.05, 0.1) is 6.20 Å². The summed E-state index contributed by atoms with van der Waals surface area (Å²) in [6.45, 7) is 3.44. The average molecular weight is 219 g/mol. The number of piperidine rings is 1. The molecule has 0 aromatic carbocycles. The van der Waals surface area contributed by atoms with Crippen LogP contribution in [0.15, 0.2) is 18.5 Å². The summed E-state index contributed by atoms with van der Waals surface area (Å²) in [6, 6.07) is 0.541. The normalized spacial score (nSPS) is 26.4. The first kappa shape index (κ1) is 11.4. The first-order chi connectivity index (χ1) is 7.78. The second-order valence-electron chi connectivity index (χ2n) is 4.67. The first-order valence-electron chi connectivity index (χ1n) is 6.18. The van der Waals surface area contributed by atoms with Crippen molar-refractivity contribution < 1.29 is 0 Å². The van der Waals surface area contributed by atoms with Gasteiger partial charge in [-0.3, -0.25) is 4.68 Å². The molecule has 0 bridgehead atoms. The van der Waals surface area contributed by atoms with E-state index in [1.54, 1.807) is 0 Å². The lowest BCUT2D eigenvalue weighted by Gasteiger charge is -2.27. The Kier molecular flexibility index (Phi) is 3.78. The fraction of sp³-hybridized carbons (Fsp3) is 0.615. The van der Waals surface area contributed by atoms with Crippen molar-refractivity contribution in [1.82, 2.24) is 15.1 Å². The fourth-order valence-corrected chi connectivity index (χ4v) is 2.30. The smallest absolute Gasteiger partial charge is 0.0562 e. The van der Waals surface area contributed by atoms with Gasteiger partial charge in [-0.25, -0.2) is 0 Å². The van der Waals surface area contributed by atoms with Crippen molar-refractivity contribution in [1.29, 1.82) is 0 Å². The minimum atomic E-state index is 0.541. The summed E-state index contributed by atoms with van der Waals surface area (Å²) in [4.78, 5) is 0. The Hall–Kier alpha value is -1.09. The molecule has 0 spiro atoms. The predicted molar refractivity (Wildman–Crippen MR) is 67.0 cm³/mol. The van der Waals surface area contributed by atoms with E-state index in [4.69, 9.17) is 0 Å². The Morgan fingerprint density at radius 3 is 3.19 bits per heavy atom. The van der Waals surface area contributed by atoms with Crippen LogP contribution in [0.2, 0.25) is 0 Å². The number of nitrogens with zero attached hydrogens (tertiary/aromatic N) is 2. The van der Waals surface area contributed by atoms with Gasteiger partial charge in [0, 0.05) is 24.8 Å². The second kappa shape index (κ2) is 5.30. The molecule has 1 aromatic heterocycles. The van der Waals surface area contributed by atoms with E-state index >= 15 is 0 Å². The molecule has 16 heavy (non-hydrogen) atoms. The molecule has 0 radical (unpaired) electrons. The van der Waals surface area contributed by atoms with Gasteiger partial charge >= 0.3 is 0 Å². The van der Waals surface area contributed by atoms with Gasteiger partial charge in [0.1, 0.15) is 0 Å². The van der Waals surface area contributed by atoms with Crippen LogP contribution in [-0.2, 0) is 7.05 Å². The van der Waals surface area contributed by atoms with Gasteiger partial charge < -0.3 is 5.32 Å². The van der Waals surface area contributed by atoms with Gasteiger partial charge in [0.2, 0.25) is 0 Å². The molecule has 1 N–H and O–H groups in total. The van der Waals surface area contributed by atoms with Crippen LogP contribution in [0.4, 0.5) is 0 Å². The van der Waals surface area contributed by atoms with E-state index in [-0.39, 0.29) is 0 Å². The molecule has 1 fully saturated rings. The minimum Gasteiger partial charge on any atom is -0.310 e. The van der Waals surface area contributed by atoms with Gasteiger partial charge in [-0.1, -0.05) is 25.5 Å². The highest BCUT2D eigenvalue weighted by Crippen LogP contribution is 2.20. The Morgan fingerprint density at radius 1 is 1.62 bits per heavy atom. The molecule has 2 atom stereocenters. The van der Waals surface area contributed by atoms with Crippen molar-refractivity contribution in [3.8, 4) is 0 Å². The number of rotatable bonds is 3. The number of hydrogen-bond donors (Lipinski definition) is 1. The molecule has 2 heterocycles. The van der Waals surface area contributed by atoms with E-state index < -0.39 is 0 Å². The Labute approximate surface area is 97.5 Å². The largest absolute Gasteiger partial charge is 0.310 e. The molecule has 1 saturated heterocycles. The standard InChI is InChI=1S/C13H21N3/c1-3-11-6-7-14-13(8-11)5-4-12-9-15-16(2)10-12/h4-5,9-11,13-14H,3,6-8H2,1-2H3/b5-4+. The summed E-state index contributed by atoms with van der Waals surface area (Å²) in [6.07, 6.45) is 12.3. The zero-order chi connectivity index (χ0) is 11.4. The van der Waals surface area contributed by atoms with Crippen LogP contribution in [0.1, 0.15) is 31.7 Å². The van der Waals surface area contributed by atoms with Crippen molar-refractivity contribution in [3.05, 3.63) is 24.0 Å². The van der Waals surface area contributed by atoms with Crippen molar-refractivity contribution in [2.45, 2.75) is 32.2 Å². The third kappa shape index (κ3) is 2.95. The molecule has 1 aromatic rings. The Balaban J connectivity index is 1.91. The minimum absolute atomic E-state index is 0.541. The van der Waals surface area contributed by atoms with E-state index in [1.165, 1.54) is 24.8 Å². The van der Waals surface area contributed by atoms with Crippen LogP contribution >= 0.6 is 0 Å². The summed E-state index contributed by atoms with van der Waals surface area (Å²) in [5.41, 5.74) is 1.18. The molecule has 2 unspecified atom stereocenters. The highest BCUT2D eigenvalue weighted by molar-refractivity contribution is 5.47. The molecule has 0 amide bonds. The highest BCUT2D eigenvalue weighted by Gasteiger charge is 2.17. The van der Waals surface area contributed by atoms with Gasteiger partial charge in [0.15, 0.2) is 0 Å². The number of hydrogen-bond acceptors (Lipinski definition) is 2. The van der Waals surface area contributed by atoms with Crippen LogP contribution in [0.5, 0.6) is 0 Å². The van der Waals surface area contributed by atoms with Gasteiger partial charge in [-0.15, -0.1) is 0 Å². The van der Waals surface area contributed by atoms with Gasteiger partial charge in [0.25, 0.3) is 0 Å². The van der Waals surface area contributed by atoms with Gasteiger partial charge in [-0.05, 0) is 25.3 Å². The fourth-order valence-electron chi connectivity index (χ4n) is 2.30. The average Bonchev–Trinajstić information content (AvgIpc) is 2.73. The van der Waals surface area contributed by atoms with Crippen molar-refractivity contribution in [3.63, 3.8) is 0 Å². The maximum absolute atomic E-state index is 4.16. The quantitative estimate of drug-likeness (QED) is 0.844. The van der Waals surface area contributed by atoms with E-state index in [0.29, 0.717) is 6.04 Å². The summed E-state index contributed by atoms with van der Waals surface area (Å²) in [5.74, 6) is 0.893. The van der Waals surface area contributed by atoms with Crippen LogP contribution < -0.4 is 5.32 Å². The summed E-state index contributed by atoms with van der Waals surface area (Å²) in [5, 5.41) is 7.70. The molecule has 0 saturated carbocycles. The lowest BCUT2D eigenvalue weighted by atomic mass is 9.90. The van der Waals surface area contributed by atoms with E-state index in [9.17, 15) is 0 Å². The third-order valence-corrected chi connectivity index (χ3v) is 3.37. The van der Waals surface area contributed by atoms with Gasteiger partial charge in [-0.2, -0.15) is 5.10 Å². The van der Waals surface area contributed by atoms with Crippen LogP contribution in [0, 0.1) is 5.92 Å². The predicted octanol–water partition coefficient (Wildman–Crippen LogP) is 2.21. The van der Waals surface area contributed by atoms with Crippen molar-refractivity contribution >= 4 is 6.08 Å². The zero-order valence-corrected chi connectivity index (χ0v) is 10.2. The Bertz CT molecular complexity index is 354. The van der Waals surface area contributed by atoms with E-state index in [2.05, 4.69) is 29.5 Å². The molecule has 3 nitrogen and oxygen atoms in total. The molecular formula is C13H21N3. The lowest BCUT2D eigenvalue weighted by Crippen LogP contribution is -2.36. The molecular weight excluding hydrogens is 198 g/mol. The lowest BCUT2D eigenvalue weighted by molar-refractivity contribution is 0.326. The number of nitrogens with one attached hydrogen (secondary N) is 1. The maximum atomic E-state index is 4.16. The SMILES string of the molecule is CCC1CCNC(/C=C/c2cnn(C)c2)C1. The molecule has 1 aliphatic heterocycles. The monoisotopic (exact) mass is 219 g/mol. The third-order valence-electron chi connectivity index (χ3n) is 3.37. The van der Waals surface area contributed by atoms with E-state index in [1.807, 2.05) is 24.1 Å². The van der Waals surface area contributed by atoms with Crippen molar-refractivity contribution in [2.24, 2.45) is 13.0 Å². The van der Waals surface area contributed by atoms with Crippen LogP contribution in [-0.4, -0.2) is 22.4 Å². The summed E-state index contributed by atoms with van der Waals surface area (Å²) >= 11 is 0. The van der Waals surface area contributed by atoms with E-state index in [0.717, 1.165) is 12.5 Å². The molecule has 3 heteroatoms. The van der Waals surface area contributed by atoms with Crippen molar-refractivity contribution in [2.75, 3.05) is 6.54 Å². The number of aromatic nitrogens is 2. The summed E-state index contributed by atoms with van der Waals surface area (Å²) < 4.78 is 1.84. The molecule has 1 aliphatic rings. The summed E-state index contributed by atoms with van der Waals surface area (Å²) in [7, 11) is 1.95.